The van der Waals surface area contributed by atoms with Gasteiger partial charge in [0.25, 0.3) is 0 Å². The molecule has 0 aliphatic carbocycles. The van der Waals surface area contributed by atoms with Crippen molar-refractivity contribution in [3.05, 3.63) is 0 Å². The van der Waals surface area contributed by atoms with Crippen molar-refractivity contribution >= 4 is 5.91 Å². The molecule has 0 aromatic heterocycles. The molecule has 3 heteroatoms. The lowest BCUT2D eigenvalue weighted by molar-refractivity contribution is -0.147. The van der Waals surface area contributed by atoms with E-state index < -0.39 is 0 Å². The Morgan fingerprint density at radius 3 is 2.53 bits per heavy atom. The first-order valence-electron chi connectivity index (χ1n) is 8.09. The van der Waals surface area contributed by atoms with Gasteiger partial charge in [-0.1, -0.05) is 27.2 Å². The van der Waals surface area contributed by atoms with E-state index >= 15 is 0 Å². The smallest absolute Gasteiger partial charge is 0.228 e. The zero-order chi connectivity index (χ0) is 13.9. The van der Waals surface area contributed by atoms with Crippen LogP contribution in [0.15, 0.2) is 0 Å². The number of nitrogens with one attached hydrogen (secondary N) is 1. The molecule has 1 N–H and O–H groups in total. The van der Waals surface area contributed by atoms with Gasteiger partial charge in [0.05, 0.1) is 5.41 Å². The number of hydrogen-bond donors (Lipinski definition) is 1. The fraction of sp³-hybridized carbons (Fsp3) is 0.938. The molecule has 2 saturated heterocycles. The molecule has 2 atom stereocenters. The second-order valence-electron chi connectivity index (χ2n) is 6.77. The molecule has 2 unspecified atom stereocenters. The van der Waals surface area contributed by atoms with Crippen molar-refractivity contribution in [1.29, 1.82) is 0 Å². The number of rotatable bonds is 3. The van der Waals surface area contributed by atoms with Gasteiger partial charge in [0.15, 0.2) is 0 Å². The maximum atomic E-state index is 13.0. The van der Waals surface area contributed by atoms with E-state index in [-0.39, 0.29) is 5.41 Å². The normalized spacial score (nSPS) is 31.2. The fourth-order valence-electron chi connectivity index (χ4n) is 3.74. The quantitative estimate of drug-likeness (QED) is 0.852. The molecule has 2 aliphatic rings. The van der Waals surface area contributed by atoms with Gasteiger partial charge in [-0.15, -0.1) is 0 Å². The van der Waals surface area contributed by atoms with Crippen LogP contribution in [0.25, 0.3) is 0 Å². The van der Waals surface area contributed by atoms with Crippen LogP contribution in [0.2, 0.25) is 0 Å². The van der Waals surface area contributed by atoms with Gasteiger partial charge in [0.2, 0.25) is 5.91 Å². The van der Waals surface area contributed by atoms with Crippen LogP contribution in [0.1, 0.15) is 52.9 Å². The standard InChI is InChI=1S/C16H30N2O/c1-4-6-16(7-9-17-10-8-16)15(19)18-11-5-13(2)14(3)12-18/h13-14,17H,4-12H2,1-3H3. The third-order valence-electron chi connectivity index (χ3n) is 5.36. The summed E-state index contributed by atoms with van der Waals surface area (Å²) in [5.74, 6) is 1.87. The third kappa shape index (κ3) is 3.13. The first-order chi connectivity index (χ1) is 9.09. The molecular formula is C16H30N2O. The van der Waals surface area contributed by atoms with Gasteiger partial charge in [-0.2, -0.15) is 0 Å². The van der Waals surface area contributed by atoms with E-state index in [0.717, 1.165) is 57.8 Å². The summed E-state index contributed by atoms with van der Waals surface area (Å²) < 4.78 is 0. The van der Waals surface area contributed by atoms with Gasteiger partial charge in [0.1, 0.15) is 0 Å². The molecule has 2 rings (SSSR count). The lowest BCUT2D eigenvalue weighted by atomic mass is 9.73. The molecule has 0 aromatic rings. The summed E-state index contributed by atoms with van der Waals surface area (Å²) in [5, 5.41) is 3.40. The second kappa shape index (κ2) is 6.25. The largest absolute Gasteiger partial charge is 0.342 e. The van der Waals surface area contributed by atoms with Gasteiger partial charge < -0.3 is 10.2 Å². The van der Waals surface area contributed by atoms with Crippen LogP contribution in [0.5, 0.6) is 0 Å². The third-order valence-corrected chi connectivity index (χ3v) is 5.36. The fourth-order valence-corrected chi connectivity index (χ4v) is 3.74. The van der Waals surface area contributed by atoms with E-state index in [1.807, 2.05) is 0 Å². The van der Waals surface area contributed by atoms with Crippen molar-refractivity contribution < 1.29 is 4.79 Å². The van der Waals surface area contributed by atoms with Crippen molar-refractivity contribution in [3.63, 3.8) is 0 Å². The summed E-state index contributed by atoms with van der Waals surface area (Å²) in [6, 6.07) is 0. The Balaban J connectivity index is 2.06. The van der Waals surface area contributed by atoms with Crippen LogP contribution < -0.4 is 5.32 Å². The van der Waals surface area contributed by atoms with Crippen molar-refractivity contribution in [2.45, 2.75) is 52.9 Å². The van der Waals surface area contributed by atoms with Crippen LogP contribution in [0.3, 0.4) is 0 Å². The van der Waals surface area contributed by atoms with Crippen molar-refractivity contribution in [3.8, 4) is 0 Å². The van der Waals surface area contributed by atoms with Gasteiger partial charge in [-0.25, -0.2) is 0 Å². The maximum absolute atomic E-state index is 13.0. The highest BCUT2D eigenvalue weighted by Crippen LogP contribution is 2.37. The number of hydrogen-bond acceptors (Lipinski definition) is 2. The number of nitrogens with zero attached hydrogens (tertiary/aromatic N) is 1. The van der Waals surface area contributed by atoms with Crippen LogP contribution in [-0.4, -0.2) is 37.0 Å². The minimum Gasteiger partial charge on any atom is -0.342 e. The topological polar surface area (TPSA) is 32.3 Å². The molecule has 3 nitrogen and oxygen atoms in total. The second-order valence-corrected chi connectivity index (χ2v) is 6.77. The summed E-state index contributed by atoms with van der Waals surface area (Å²) >= 11 is 0. The zero-order valence-corrected chi connectivity index (χ0v) is 12.9. The Morgan fingerprint density at radius 2 is 1.95 bits per heavy atom. The summed E-state index contributed by atoms with van der Waals surface area (Å²) in [4.78, 5) is 15.2. The van der Waals surface area contributed by atoms with Gasteiger partial charge in [-0.05, 0) is 50.6 Å². The van der Waals surface area contributed by atoms with E-state index in [1.54, 1.807) is 0 Å². The molecule has 110 valence electrons. The van der Waals surface area contributed by atoms with Gasteiger partial charge >= 0.3 is 0 Å². The Hall–Kier alpha value is -0.570. The lowest BCUT2D eigenvalue weighted by Gasteiger charge is -2.43. The van der Waals surface area contributed by atoms with Crippen molar-refractivity contribution in [2.75, 3.05) is 26.2 Å². The highest BCUT2D eigenvalue weighted by molar-refractivity contribution is 5.83. The minimum atomic E-state index is -0.0553. The van der Waals surface area contributed by atoms with Crippen LogP contribution in [0, 0.1) is 17.3 Å². The number of piperidine rings is 2. The molecule has 0 radical (unpaired) electrons. The molecule has 0 bridgehead atoms. The Labute approximate surface area is 118 Å². The highest BCUT2D eigenvalue weighted by Gasteiger charge is 2.42. The maximum Gasteiger partial charge on any atom is 0.228 e. The van der Waals surface area contributed by atoms with Crippen LogP contribution in [0.4, 0.5) is 0 Å². The number of amides is 1. The highest BCUT2D eigenvalue weighted by atomic mass is 16.2. The summed E-state index contributed by atoms with van der Waals surface area (Å²) in [6.45, 7) is 10.8. The molecule has 2 aliphatic heterocycles. The number of carbonyl (C=O) groups is 1. The van der Waals surface area contributed by atoms with E-state index in [4.69, 9.17) is 0 Å². The van der Waals surface area contributed by atoms with Gasteiger partial charge in [0, 0.05) is 13.1 Å². The van der Waals surface area contributed by atoms with E-state index in [0.29, 0.717) is 11.8 Å². The molecule has 19 heavy (non-hydrogen) atoms. The Bertz CT molecular complexity index is 304. The molecule has 2 heterocycles. The Kier molecular flexibility index (Phi) is 4.88. The van der Waals surface area contributed by atoms with Crippen LogP contribution in [-0.2, 0) is 4.79 Å². The predicted molar refractivity (Wildman–Crippen MR) is 79.0 cm³/mol. The zero-order valence-electron chi connectivity index (χ0n) is 12.9. The number of carbonyl (C=O) groups excluding carboxylic acids is 1. The molecule has 0 spiro atoms. The first-order valence-corrected chi connectivity index (χ1v) is 8.09. The molecule has 1 amide bonds. The van der Waals surface area contributed by atoms with Crippen LogP contribution >= 0.6 is 0 Å². The van der Waals surface area contributed by atoms with E-state index in [1.165, 1.54) is 6.42 Å². The molecular weight excluding hydrogens is 236 g/mol. The average Bonchev–Trinajstić information content (AvgIpc) is 2.42. The first kappa shape index (κ1) is 14.8. The van der Waals surface area contributed by atoms with Crippen molar-refractivity contribution in [1.82, 2.24) is 10.2 Å². The average molecular weight is 266 g/mol. The Morgan fingerprint density at radius 1 is 1.26 bits per heavy atom. The summed E-state index contributed by atoms with van der Waals surface area (Å²) in [5.41, 5.74) is -0.0553. The SMILES string of the molecule is CCCC1(C(=O)N2CCC(C)C(C)C2)CCNCC1. The van der Waals surface area contributed by atoms with E-state index in [2.05, 4.69) is 31.0 Å². The predicted octanol–water partition coefficient (Wildman–Crippen LogP) is 2.66. The molecule has 0 aromatic carbocycles. The van der Waals surface area contributed by atoms with Gasteiger partial charge in [-0.3, -0.25) is 4.79 Å². The monoisotopic (exact) mass is 266 g/mol. The number of likely N-dealkylation sites (tertiary alicyclic amines) is 1. The van der Waals surface area contributed by atoms with E-state index in [9.17, 15) is 4.79 Å². The summed E-state index contributed by atoms with van der Waals surface area (Å²) in [6.07, 6.45) is 5.41. The van der Waals surface area contributed by atoms with Crippen molar-refractivity contribution in [2.24, 2.45) is 17.3 Å². The minimum absolute atomic E-state index is 0.0553. The summed E-state index contributed by atoms with van der Waals surface area (Å²) in [7, 11) is 0. The molecule has 2 fully saturated rings. The lowest BCUT2D eigenvalue weighted by Crippen LogP contribution is -2.52. The molecule has 0 saturated carbocycles.